The van der Waals surface area contributed by atoms with Crippen molar-refractivity contribution in [3.05, 3.63) is 28.2 Å². The third-order valence-electron chi connectivity index (χ3n) is 2.07. The van der Waals surface area contributed by atoms with Crippen molar-refractivity contribution in [3.63, 3.8) is 0 Å². The zero-order chi connectivity index (χ0) is 12.1. The smallest absolute Gasteiger partial charge is 0.241 e. The lowest BCUT2D eigenvalue weighted by molar-refractivity contribution is -0.118. The second kappa shape index (κ2) is 5.74. The number of carbonyl (C=O) groups is 1. The van der Waals surface area contributed by atoms with Crippen LogP contribution < -0.4 is 5.32 Å². The van der Waals surface area contributed by atoms with Gasteiger partial charge in [-0.15, -0.1) is 0 Å². The Hall–Kier alpha value is -1.24. The predicted molar refractivity (Wildman–Crippen MR) is 64.5 cm³/mol. The van der Waals surface area contributed by atoms with Crippen molar-refractivity contribution in [2.45, 2.75) is 13.3 Å². The van der Waals surface area contributed by atoms with E-state index in [1.807, 2.05) is 6.07 Å². The molecule has 16 heavy (non-hydrogen) atoms. The molecule has 1 amide bonds. The van der Waals surface area contributed by atoms with Crippen LogP contribution in [0.4, 0.5) is 5.69 Å². The van der Waals surface area contributed by atoms with Crippen molar-refractivity contribution < 1.29 is 4.79 Å². The van der Waals surface area contributed by atoms with E-state index in [-0.39, 0.29) is 5.91 Å². The standard InChI is InChI=1S/C11H10Cl2N2O/c1-2-7(6-14)11(16)15-10-5-8(12)3-4-9(10)13/h3-5,7H,2H2,1H3,(H,15,16). The molecule has 1 rings (SSSR count). The molecule has 84 valence electrons. The number of nitrogens with one attached hydrogen (secondary N) is 1. The number of rotatable bonds is 3. The average molecular weight is 257 g/mol. The van der Waals surface area contributed by atoms with Crippen LogP contribution in [0, 0.1) is 17.2 Å². The van der Waals surface area contributed by atoms with Crippen LogP contribution in [0.3, 0.4) is 0 Å². The van der Waals surface area contributed by atoms with Crippen molar-refractivity contribution in [1.29, 1.82) is 5.26 Å². The van der Waals surface area contributed by atoms with Gasteiger partial charge in [0.25, 0.3) is 0 Å². The molecule has 0 aliphatic heterocycles. The van der Waals surface area contributed by atoms with Crippen LogP contribution in [0.5, 0.6) is 0 Å². The van der Waals surface area contributed by atoms with E-state index in [0.717, 1.165) is 0 Å². The Labute approximate surface area is 104 Å². The van der Waals surface area contributed by atoms with E-state index in [2.05, 4.69) is 5.32 Å². The molecule has 0 bridgehead atoms. The van der Waals surface area contributed by atoms with E-state index in [1.165, 1.54) is 0 Å². The van der Waals surface area contributed by atoms with Crippen LogP contribution in [0.2, 0.25) is 10.0 Å². The third kappa shape index (κ3) is 3.13. The molecule has 1 N–H and O–H groups in total. The fourth-order valence-electron chi connectivity index (χ4n) is 1.15. The maximum atomic E-state index is 11.6. The molecule has 3 nitrogen and oxygen atoms in total. The number of nitriles is 1. The zero-order valence-electron chi connectivity index (χ0n) is 8.63. The van der Waals surface area contributed by atoms with Crippen molar-refractivity contribution in [1.82, 2.24) is 0 Å². The fourth-order valence-corrected chi connectivity index (χ4v) is 1.49. The average Bonchev–Trinajstić information content (AvgIpc) is 2.25. The van der Waals surface area contributed by atoms with Crippen molar-refractivity contribution in [2.24, 2.45) is 5.92 Å². The maximum Gasteiger partial charge on any atom is 0.241 e. The molecule has 0 fully saturated rings. The summed E-state index contributed by atoms with van der Waals surface area (Å²) in [6.07, 6.45) is 0.459. The summed E-state index contributed by atoms with van der Waals surface area (Å²) in [4.78, 5) is 11.6. The first-order valence-corrected chi connectivity index (χ1v) is 5.49. The molecule has 5 heteroatoms. The summed E-state index contributed by atoms with van der Waals surface area (Å²) in [5.74, 6) is -1.04. The summed E-state index contributed by atoms with van der Waals surface area (Å²) >= 11 is 11.6. The number of halogens is 2. The van der Waals surface area contributed by atoms with Gasteiger partial charge in [-0.1, -0.05) is 30.1 Å². The SMILES string of the molecule is CCC(C#N)C(=O)Nc1cc(Cl)ccc1Cl. The maximum absolute atomic E-state index is 11.6. The van der Waals surface area contributed by atoms with Gasteiger partial charge >= 0.3 is 0 Å². The number of hydrogen-bond donors (Lipinski definition) is 1. The second-order valence-electron chi connectivity index (χ2n) is 3.20. The van der Waals surface area contributed by atoms with Gasteiger partial charge in [-0.2, -0.15) is 5.26 Å². The normalized spacial score (nSPS) is 11.6. The summed E-state index contributed by atoms with van der Waals surface area (Å²) in [6.45, 7) is 1.77. The lowest BCUT2D eigenvalue weighted by atomic mass is 10.1. The van der Waals surface area contributed by atoms with Crippen LogP contribution in [0.1, 0.15) is 13.3 Å². The molecule has 0 radical (unpaired) electrons. The van der Waals surface area contributed by atoms with Gasteiger partial charge in [-0.05, 0) is 24.6 Å². The van der Waals surface area contributed by atoms with Crippen molar-refractivity contribution >= 4 is 34.8 Å². The highest BCUT2D eigenvalue weighted by Gasteiger charge is 2.16. The zero-order valence-corrected chi connectivity index (χ0v) is 10.1. The van der Waals surface area contributed by atoms with Gasteiger partial charge in [0, 0.05) is 5.02 Å². The van der Waals surface area contributed by atoms with Crippen LogP contribution in [0.15, 0.2) is 18.2 Å². The number of carbonyl (C=O) groups excluding carboxylic acids is 1. The van der Waals surface area contributed by atoms with Crippen molar-refractivity contribution in [2.75, 3.05) is 5.32 Å². The Morgan fingerprint density at radius 2 is 2.25 bits per heavy atom. The fraction of sp³-hybridized carbons (Fsp3) is 0.273. The Morgan fingerprint density at radius 3 is 2.81 bits per heavy atom. The minimum Gasteiger partial charge on any atom is -0.324 e. The van der Waals surface area contributed by atoms with Gasteiger partial charge in [0.1, 0.15) is 5.92 Å². The minimum atomic E-state index is -0.671. The summed E-state index contributed by atoms with van der Waals surface area (Å²) in [5.41, 5.74) is 0.424. The van der Waals surface area contributed by atoms with Crippen LogP contribution in [-0.2, 0) is 4.79 Å². The quantitative estimate of drug-likeness (QED) is 0.901. The van der Waals surface area contributed by atoms with Gasteiger partial charge in [-0.25, -0.2) is 0 Å². The minimum absolute atomic E-state index is 0.367. The first kappa shape index (κ1) is 12.8. The Morgan fingerprint density at radius 1 is 1.56 bits per heavy atom. The number of benzene rings is 1. The molecule has 0 heterocycles. The second-order valence-corrected chi connectivity index (χ2v) is 4.05. The highest BCUT2D eigenvalue weighted by Crippen LogP contribution is 2.25. The summed E-state index contributed by atoms with van der Waals surface area (Å²) in [6, 6.07) is 6.68. The van der Waals surface area contributed by atoms with Crippen molar-refractivity contribution in [3.8, 4) is 6.07 Å². The molecule has 0 aliphatic rings. The number of anilines is 1. The van der Waals surface area contributed by atoms with Gasteiger partial charge in [0.15, 0.2) is 0 Å². The number of amides is 1. The Balaban J connectivity index is 2.85. The van der Waals surface area contributed by atoms with E-state index in [4.69, 9.17) is 28.5 Å². The predicted octanol–water partition coefficient (Wildman–Crippen LogP) is 3.48. The third-order valence-corrected chi connectivity index (χ3v) is 2.63. The largest absolute Gasteiger partial charge is 0.324 e. The van der Waals surface area contributed by atoms with Gasteiger partial charge < -0.3 is 5.32 Å². The summed E-state index contributed by atoms with van der Waals surface area (Å²) in [5, 5.41) is 12.2. The molecule has 0 aromatic heterocycles. The molecular weight excluding hydrogens is 247 g/mol. The summed E-state index contributed by atoms with van der Waals surface area (Å²) < 4.78 is 0. The molecule has 0 aliphatic carbocycles. The molecule has 1 aromatic carbocycles. The van der Waals surface area contributed by atoms with E-state index in [1.54, 1.807) is 25.1 Å². The number of hydrogen-bond acceptors (Lipinski definition) is 2. The lowest BCUT2D eigenvalue weighted by Gasteiger charge is -2.09. The van der Waals surface area contributed by atoms with Gasteiger partial charge in [0.2, 0.25) is 5.91 Å². The van der Waals surface area contributed by atoms with Crippen LogP contribution in [0.25, 0.3) is 0 Å². The molecule has 0 spiro atoms. The van der Waals surface area contributed by atoms with Crippen LogP contribution in [-0.4, -0.2) is 5.91 Å². The molecule has 0 saturated carbocycles. The summed E-state index contributed by atoms with van der Waals surface area (Å²) in [7, 11) is 0. The highest BCUT2D eigenvalue weighted by atomic mass is 35.5. The molecule has 1 aromatic rings. The van der Waals surface area contributed by atoms with E-state index in [9.17, 15) is 4.79 Å². The number of nitrogens with zero attached hydrogens (tertiary/aromatic N) is 1. The molecule has 0 saturated heterocycles. The van der Waals surface area contributed by atoms with Crippen LogP contribution >= 0.6 is 23.2 Å². The highest BCUT2D eigenvalue weighted by molar-refractivity contribution is 6.35. The molecule has 1 unspecified atom stereocenters. The van der Waals surface area contributed by atoms with Gasteiger partial charge in [0.05, 0.1) is 16.8 Å². The first-order valence-electron chi connectivity index (χ1n) is 4.74. The topological polar surface area (TPSA) is 52.9 Å². The lowest BCUT2D eigenvalue weighted by Crippen LogP contribution is -2.21. The van der Waals surface area contributed by atoms with E-state index >= 15 is 0 Å². The Kier molecular flexibility index (Phi) is 4.60. The van der Waals surface area contributed by atoms with E-state index < -0.39 is 5.92 Å². The molecular formula is C11H10Cl2N2O. The molecule has 1 atom stereocenters. The Bertz CT molecular complexity index is 440. The monoisotopic (exact) mass is 256 g/mol. The first-order chi connectivity index (χ1) is 7.58. The van der Waals surface area contributed by atoms with E-state index in [0.29, 0.717) is 22.2 Å². The van der Waals surface area contributed by atoms with Gasteiger partial charge in [-0.3, -0.25) is 4.79 Å².